The van der Waals surface area contributed by atoms with Crippen LogP contribution in [0.2, 0.25) is 0 Å². The summed E-state index contributed by atoms with van der Waals surface area (Å²) in [6.45, 7) is 4.30. The minimum absolute atomic E-state index is 0.00645. The van der Waals surface area contributed by atoms with Crippen LogP contribution in [0.3, 0.4) is 0 Å². The summed E-state index contributed by atoms with van der Waals surface area (Å²) in [7, 11) is 0. The molecule has 0 aliphatic heterocycles. The molecule has 0 aromatic carbocycles. The van der Waals surface area contributed by atoms with Crippen LogP contribution in [0.4, 0.5) is 0 Å². The number of allylic oxidation sites excluding steroid dienone is 4. The largest absolute Gasteiger partial charge is 0.392 e. The van der Waals surface area contributed by atoms with E-state index in [1.54, 1.807) is 12.2 Å². The van der Waals surface area contributed by atoms with Gasteiger partial charge in [-0.1, -0.05) is 26.0 Å². The van der Waals surface area contributed by atoms with Gasteiger partial charge in [0.1, 0.15) is 5.78 Å². The maximum Gasteiger partial charge on any atom is 0.178 e. The quantitative estimate of drug-likeness (QED) is 0.810. The van der Waals surface area contributed by atoms with Gasteiger partial charge in [0.2, 0.25) is 0 Å². The topological polar surface area (TPSA) is 54.4 Å². The summed E-state index contributed by atoms with van der Waals surface area (Å²) in [4.78, 5) is 24.3. The molecule has 0 amide bonds. The normalized spacial score (nSPS) is 45.1. The van der Waals surface area contributed by atoms with Crippen molar-refractivity contribution in [3.63, 3.8) is 0 Å². The van der Waals surface area contributed by atoms with Crippen molar-refractivity contribution in [1.29, 1.82) is 0 Å². The van der Waals surface area contributed by atoms with Gasteiger partial charge >= 0.3 is 0 Å². The highest BCUT2D eigenvalue weighted by Gasteiger charge is 2.58. The van der Waals surface area contributed by atoms with Crippen LogP contribution in [-0.2, 0) is 9.59 Å². The lowest BCUT2D eigenvalue weighted by atomic mass is 9.49. The third kappa shape index (κ3) is 1.86. The van der Waals surface area contributed by atoms with Gasteiger partial charge in [-0.2, -0.15) is 0 Å². The van der Waals surface area contributed by atoms with Gasteiger partial charge in [-0.05, 0) is 60.3 Å². The number of aliphatic hydroxyl groups excluding tert-OH is 1. The summed E-state index contributed by atoms with van der Waals surface area (Å²) in [5, 5.41) is 9.87. The van der Waals surface area contributed by atoms with Crippen molar-refractivity contribution in [2.75, 3.05) is 6.61 Å². The lowest BCUT2D eigenvalue weighted by Crippen LogP contribution is -2.49. The van der Waals surface area contributed by atoms with E-state index in [-0.39, 0.29) is 23.2 Å². The van der Waals surface area contributed by atoms with Crippen molar-refractivity contribution < 1.29 is 14.7 Å². The molecule has 0 aromatic rings. The van der Waals surface area contributed by atoms with Crippen molar-refractivity contribution in [1.82, 2.24) is 0 Å². The van der Waals surface area contributed by atoms with Crippen LogP contribution in [-0.4, -0.2) is 23.3 Å². The Morgan fingerprint density at radius 1 is 1.22 bits per heavy atom. The first-order chi connectivity index (χ1) is 10.9. The van der Waals surface area contributed by atoms with Crippen LogP contribution in [0, 0.1) is 28.6 Å². The van der Waals surface area contributed by atoms with E-state index in [9.17, 15) is 14.7 Å². The van der Waals surface area contributed by atoms with Gasteiger partial charge in [0.05, 0.1) is 6.61 Å². The van der Waals surface area contributed by atoms with E-state index in [4.69, 9.17) is 0 Å². The molecule has 0 spiro atoms. The zero-order valence-corrected chi connectivity index (χ0v) is 13.8. The van der Waals surface area contributed by atoms with Crippen molar-refractivity contribution in [3.8, 4) is 0 Å². The molecule has 2 saturated carbocycles. The van der Waals surface area contributed by atoms with Crippen LogP contribution in [0.15, 0.2) is 35.5 Å². The van der Waals surface area contributed by atoms with E-state index in [1.165, 1.54) is 0 Å². The first kappa shape index (κ1) is 15.1. The van der Waals surface area contributed by atoms with Gasteiger partial charge in [-0.25, -0.2) is 0 Å². The molecule has 0 bridgehead atoms. The van der Waals surface area contributed by atoms with Crippen molar-refractivity contribution in [2.45, 2.75) is 39.5 Å². The van der Waals surface area contributed by atoms with E-state index in [1.807, 2.05) is 6.08 Å². The van der Waals surface area contributed by atoms with E-state index >= 15 is 0 Å². The Hall–Kier alpha value is -1.48. The predicted octanol–water partition coefficient (Wildman–Crippen LogP) is 3.00. The van der Waals surface area contributed by atoms with E-state index < -0.39 is 0 Å². The lowest BCUT2D eigenvalue weighted by molar-refractivity contribution is -0.130. The zero-order chi connectivity index (χ0) is 16.4. The smallest absolute Gasteiger partial charge is 0.178 e. The van der Waals surface area contributed by atoms with Gasteiger partial charge in [0, 0.05) is 17.3 Å². The fourth-order valence-corrected chi connectivity index (χ4v) is 5.81. The Balaban J connectivity index is 1.85. The van der Waals surface area contributed by atoms with E-state index in [0.29, 0.717) is 30.0 Å². The molecule has 122 valence electrons. The highest BCUT2D eigenvalue weighted by Crippen LogP contribution is 2.62. The van der Waals surface area contributed by atoms with Crippen molar-refractivity contribution in [2.24, 2.45) is 28.6 Å². The molecule has 2 fully saturated rings. The average Bonchev–Trinajstić information content (AvgIpc) is 2.83. The van der Waals surface area contributed by atoms with Crippen LogP contribution in [0.25, 0.3) is 0 Å². The third-order valence-corrected chi connectivity index (χ3v) is 7.18. The summed E-state index contributed by atoms with van der Waals surface area (Å²) in [6, 6.07) is 0. The summed E-state index contributed by atoms with van der Waals surface area (Å²) in [5.41, 5.74) is 1.49. The number of fused-ring (bicyclic) bond motifs is 5. The van der Waals surface area contributed by atoms with Gasteiger partial charge in [-0.3, -0.25) is 9.59 Å². The number of rotatable bonds is 1. The predicted molar refractivity (Wildman–Crippen MR) is 87.6 cm³/mol. The minimum atomic E-state index is -0.196. The van der Waals surface area contributed by atoms with Crippen LogP contribution in [0.5, 0.6) is 0 Å². The monoisotopic (exact) mass is 312 g/mol. The van der Waals surface area contributed by atoms with Gasteiger partial charge < -0.3 is 5.11 Å². The van der Waals surface area contributed by atoms with Crippen LogP contribution in [0.1, 0.15) is 39.5 Å². The number of carbonyl (C=O) groups excluding carboxylic acids is 2. The van der Waals surface area contributed by atoms with Gasteiger partial charge in [-0.15, -0.1) is 0 Å². The van der Waals surface area contributed by atoms with E-state index in [0.717, 1.165) is 30.4 Å². The molecule has 3 nitrogen and oxygen atoms in total. The second kappa shape index (κ2) is 4.76. The van der Waals surface area contributed by atoms with E-state index in [2.05, 4.69) is 19.9 Å². The Bertz CT molecular complexity index is 683. The highest BCUT2D eigenvalue weighted by molar-refractivity contribution is 6.02. The molecule has 0 aromatic heterocycles. The van der Waals surface area contributed by atoms with Crippen molar-refractivity contribution >= 4 is 11.6 Å². The fraction of sp³-hybridized carbons (Fsp3) is 0.600. The molecule has 0 saturated heterocycles. The highest BCUT2D eigenvalue weighted by atomic mass is 16.3. The molecule has 0 heterocycles. The Kier molecular flexibility index (Phi) is 3.12. The van der Waals surface area contributed by atoms with Crippen LogP contribution >= 0.6 is 0 Å². The van der Waals surface area contributed by atoms with Crippen molar-refractivity contribution in [3.05, 3.63) is 35.5 Å². The second-order valence-electron chi connectivity index (χ2n) is 8.13. The zero-order valence-electron chi connectivity index (χ0n) is 13.8. The first-order valence-corrected chi connectivity index (χ1v) is 8.71. The molecule has 1 N–H and O–H groups in total. The lowest BCUT2D eigenvalue weighted by Gasteiger charge is -2.54. The maximum absolute atomic E-state index is 12.4. The summed E-state index contributed by atoms with van der Waals surface area (Å²) in [6.07, 6.45) is 11.2. The summed E-state index contributed by atoms with van der Waals surface area (Å²) >= 11 is 0. The Morgan fingerprint density at radius 2 is 2.00 bits per heavy atom. The van der Waals surface area contributed by atoms with Gasteiger partial charge in [0.15, 0.2) is 5.78 Å². The second-order valence-corrected chi connectivity index (χ2v) is 8.13. The molecular weight excluding hydrogens is 288 g/mol. The molecule has 23 heavy (non-hydrogen) atoms. The maximum atomic E-state index is 12.4. The number of Topliss-reactive ketones (excluding diaryl/α,β-unsaturated/α-hetero) is 1. The number of hydrogen-bond acceptors (Lipinski definition) is 3. The summed E-state index contributed by atoms with van der Waals surface area (Å²) < 4.78 is 0. The Morgan fingerprint density at radius 3 is 2.74 bits per heavy atom. The standard InChI is InChI=1S/C20H24O3/c1-19-7-5-13(22)10-17(19)12(11-21)9-14-15-3-4-18(23)20(15,2)8-6-16(14)19/h5,7,9-10,14-16,21H,3-4,6,8,11H2,1-2H3/t14-,15+,16+,19+,20-/m0/s1. The van der Waals surface area contributed by atoms with Crippen LogP contribution < -0.4 is 0 Å². The molecule has 0 unspecified atom stereocenters. The SMILES string of the molecule is C[C@]12C=CC(=O)C=C1C(CO)=C[C@@H]1[C@H]2CC[C@]2(C)C(=O)CC[C@H]12. The summed E-state index contributed by atoms with van der Waals surface area (Å²) in [5.74, 6) is 1.53. The molecular formula is C20H24O3. The molecule has 4 aliphatic carbocycles. The molecule has 5 atom stereocenters. The fourth-order valence-electron chi connectivity index (χ4n) is 5.81. The third-order valence-electron chi connectivity index (χ3n) is 7.18. The molecule has 4 aliphatic rings. The van der Waals surface area contributed by atoms with Gasteiger partial charge in [0.25, 0.3) is 0 Å². The molecule has 4 rings (SSSR count). The number of carbonyl (C=O) groups is 2. The number of ketones is 2. The number of hydrogen-bond donors (Lipinski definition) is 1. The number of aliphatic hydroxyl groups is 1. The average molecular weight is 312 g/mol. The molecule has 0 radical (unpaired) electrons. The Labute approximate surface area is 137 Å². The molecule has 3 heteroatoms. The minimum Gasteiger partial charge on any atom is -0.392 e. The first-order valence-electron chi connectivity index (χ1n) is 8.71.